The van der Waals surface area contributed by atoms with E-state index in [1.165, 1.54) is 38.5 Å². The summed E-state index contributed by atoms with van der Waals surface area (Å²) in [6, 6.07) is 0.737. The van der Waals surface area contributed by atoms with Crippen LogP contribution < -0.4 is 5.32 Å². The van der Waals surface area contributed by atoms with Crippen LogP contribution in [0.4, 0.5) is 0 Å². The molecule has 1 N–H and O–H groups in total. The minimum Gasteiger partial charge on any atom is -0.310 e. The van der Waals surface area contributed by atoms with Gasteiger partial charge in [-0.15, -0.1) is 0 Å². The highest BCUT2D eigenvalue weighted by Gasteiger charge is 2.29. The molecule has 0 amide bonds. The fourth-order valence-electron chi connectivity index (χ4n) is 2.57. The van der Waals surface area contributed by atoms with Crippen LogP contribution >= 0.6 is 0 Å². The van der Waals surface area contributed by atoms with Crippen LogP contribution in [-0.4, -0.2) is 12.6 Å². The van der Waals surface area contributed by atoms with Gasteiger partial charge in [-0.05, 0) is 44.6 Å². The summed E-state index contributed by atoms with van der Waals surface area (Å²) in [6.45, 7) is 3.35. The summed E-state index contributed by atoms with van der Waals surface area (Å²) in [5, 5.41) is 3.66. The molecular weight excluding hydrogens is 158 g/mol. The Labute approximate surface area is 81.6 Å². The molecule has 2 rings (SSSR count). The molecule has 0 aromatic rings. The second-order valence-electron chi connectivity index (χ2n) is 4.40. The topological polar surface area (TPSA) is 12.0 Å². The SMILES string of the molecule is CCNC(C1=CCCC1)C1CCC1. The number of allylic oxidation sites excluding steroid dienone is 1. The monoisotopic (exact) mass is 179 g/mol. The Morgan fingerprint density at radius 2 is 2.31 bits per heavy atom. The van der Waals surface area contributed by atoms with E-state index >= 15 is 0 Å². The number of nitrogens with one attached hydrogen (secondary N) is 1. The van der Waals surface area contributed by atoms with Gasteiger partial charge in [0.25, 0.3) is 0 Å². The van der Waals surface area contributed by atoms with E-state index in [2.05, 4.69) is 18.3 Å². The zero-order valence-corrected chi connectivity index (χ0v) is 8.68. The van der Waals surface area contributed by atoms with Gasteiger partial charge >= 0.3 is 0 Å². The summed E-state index contributed by atoms with van der Waals surface area (Å²) in [5.41, 5.74) is 1.71. The maximum absolute atomic E-state index is 3.66. The van der Waals surface area contributed by atoms with Crippen molar-refractivity contribution in [2.45, 2.75) is 51.5 Å². The van der Waals surface area contributed by atoms with Gasteiger partial charge < -0.3 is 5.32 Å². The van der Waals surface area contributed by atoms with E-state index in [1.807, 2.05) is 0 Å². The molecule has 0 radical (unpaired) electrons. The Hall–Kier alpha value is -0.300. The first-order valence-electron chi connectivity index (χ1n) is 5.84. The van der Waals surface area contributed by atoms with Crippen molar-refractivity contribution >= 4 is 0 Å². The van der Waals surface area contributed by atoms with Crippen LogP contribution in [-0.2, 0) is 0 Å². The molecule has 0 aliphatic heterocycles. The van der Waals surface area contributed by atoms with E-state index in [9.17, 15) is 0 Å². The molecule has 0 saturated heterocycles. The zero-order chi connectivity index (χ0) is 9.10. The lowest BCUT2D eigenvalue weighted by atomic mass is 9.77. The summed E-state index contributed by atoms with van der Waals surface area (Å²) >= 11 is 0. The number of hydrogen-bond donors (Lipinski definition) is 1. The first-order valence-corrected chi connectivity index (χ1v) is 5.84. The smallest absolute Gasteiger partial charge is 0.0307 e. The molecule has 2 aliphatic carbocycles. The van der Waals surface area contributed by atoms with Crippen LogP contribution in [0.5, 0.6) is 0 Å². The van der Waals surface area contributed by atoms with Crippen LogP contribution in [0.15, 0.2) is 11.6 Å². The van der Waals surface area contributed by atoms with Gasteiger partial charge in [0, 0.05) is 6.04 Å². The van der Waals surface area contributed by atoms with Crippen LogP contribution in [0.2, 0.25) is 0 Å². The minimum absolute atomic E-state index is 0.737. The molecule has 0 spiro atoms. The highest BCUT2D eigenvalue weighted by molar-refractivity contribution is 5.17. The standard InChI is InChI=1S/C12H21N/c1-2-13-12(11-8-5-9-11)10-6-3-4-7-10/h6,11-13H,2-5,7-9H2,1H3. The van der Waals surface area contributed by atoms with E-state index in [-0.39, 0.29) is 0 Å². The van der Waals surface area contributed by atoms with Gasteiger partial charge in [0.2, 0.25) is 0 Å². The maximum Gasteiger partial charge on any atom is 0.0307 e. The molecule has 2 aliphatic rings. The highest BCUT2D eigenvalue weighted by Crippen LogP contribution is 2.35. The summed E-state index contributed by atoms with van der Waals surface area (Å²) in [5.74, 6) is 0.962. The third-order valence-corrected chi connectivity index (χ3v) is 3.52. The summed E-state index contributed by atoms with van der Waals surface area (Å²) < 4.78 is 0. The van der Waals surface area contributed by atoms with Gasteiger partial charge in [-0.25, -0.2) is 0 Å². The van der Waals surface area contributed by atoms with Crippen LogP contribution in [0.25, 0.3) is 0 Å². The van der Waals surface area contributed by atoms with Crippen LogP contribution in [0.3, 0.4) is 0 Å². The van der Waals surface area contributed by atoms with Gasteiger partial charge in [0.05, 0.1) is 0 Å². The Bertz CT molecular complexity index is 191. The molecule has 0 bridgehead atoms. The maximum atomic E-state index is 3.66. The third kappa shape index (κ3) is 1.96. The van der Waals surface area contributed by atoms with Crippen molar-refractivity contribution in [1.29, 1.82) is 0 Å². The van der Waals surface area contributed by atoms with Gasteiger partial charge in [0.15, 0.2) is 0 Å². The number of likely N-dealkylation sites (N-methyl/N-ethyl adjacent to an activating group) is 1. The molecule has 13 heavy (non-hydrogen) atoms. The Morgan fingerprint density at radius 1 is 1.46 bits per heavy atom. The van der Waals surface area contributed by atoms with E-state index < -0.39 is 0 Å². The second kappa shape index (κ2) is 4.28. The fraction of sp³-hybridized carbons (Fsp3) is 0.833. The summed E-state index contributed by atoms with van der Waals surface area (Å²) in [4.78, 5) is 0. The average molecular weight is 179 g/mol. The van der Waals surface area contributed by atoms with Gasteiger partial charge in [0.1, 0.15) is 0 Å². The number of hydrogen-bond acceptors (Lipinski definition) is 1. The molecule has 1 saturated carbocycles. The normalized spacial score (nSPS) is 25.5. The summed E-state index contributed by atoms with van der Waals surface area (Å²) in [7, 11) is 0. The lowest BCUT2D eigenvalue weighted by Crippen LogP contribution is -2.40. The van der Waals surface area contributed by atoms with E-state index in [0.29, 0.717) is 0 Å². The second-order valence-corrected chi connectivity index (χ2v) is 4.40. The van der Waals surface area contributed by atoms with Crippen molar-refractivity contribution in [3.8, 4) is 0 Å². The van der Waals surface area contributed by atoms with Crippen molar-refractivity contribution in [2.75, 3.05) is 6.54 Å². The minimum atomic E-state index is 0.737. The molecule has 0 heterocycles. The Kier molecular flexibility index (Phi) is 3.05. The van der Waals surface area contributed by atoms with Crippen molar-refractivity contribution in [3.63, 3.8) is 0 Å². The highest BCUT2D eigenvalue weighted by atomic mass is 14.9. The Morgan fingerprint density at radius 3 is 2.77 bits per heavy atom. The molecule has 1 nitrogen and oxygen atoms in total. The zero-order valence-electron chi connectivity index (χ0n) is 8.68. The van der Waals surface area contributed by atoms with Crippen molar-refractivity contribution in [2.24, 2.45) is 5.92 Å². The van der Waals surface area contributed by atoms with Gasteiger partial charge in [-0.2, -0.15) is 0 Å². The molecule has 1 atom stereocenters. The van der Waals surface area contributed by atoms with Gasteiger partial charge in [-0.1, -0.05) is 25.0 Å². The van der Waals surface area contributed by atoms with E-state index in [0.717, 1.165) is 18.5 Å². The molecule has 1 heteroatoms. The Balaban J connectivity index is 1.94. The molecule has 1 fully saturated rings. The largest absolute Gasteiger partial charge is 0.310 e. The lowest BCUT2D eigenvalue weighted by Gasteiger charge is -2.35. The number of rotatable bonds is 4. The fourth-order valence-corrected chi connectivity index (χ4v) is 2.57. The molecule has 74 valence electrons. The van der Waals surface area contributed by atoms with E-state index in [1.54, 1.807) is 5.57 Å². The average Bonchev–Trinajstić information content (AvgIpc) is 2.51. The predicted octanol–water partition coefficient (Wildman–Crippen LogP) is 2.87. The van der Waals surface area contributed by atoms with Gasteiger partial charge in [-0.3, -0.25) is 0 Å². The lowest BCUT2D eigenvalue weighted by molar-refractivity contribution is 0.252. The van der Waals surface area contributed by atoms with Crippen molar-refractivity contribution in [1.82, 2.24) is 5.32 Å². The van der Waals surface area contributed by atoms with Crippen LogP contribution in [0.1, 0.15) is 45.4 Å². The first kappa shape index (κ1) is 9.26. The van der Waals surface area contributed by atoms with E-state index in [4.69, 9.17) is 0 Å². The predicted molar refractivity (Wildman–Crippen MR) is 56.7 cm³/mol. The first-order chi connectivity index (χ1) is 6.42. The molecule has 0 aromatic carbocycles. The molecular formula is C12H21N. The van der Waals surface area contributed by atoms with Crippen LogP contribution in [0, 0.1) is 5.92 Å². The molecule has 0 aromatic heterocycles. The van der Waals surface area contributed by atoms with Crippen molar-refractivity contribution in [3.05, 3.63) is 11.6 Å². The van der Waals surface area contributed by atoms with Crippen molar-refractivity contribution < 1.29 is 0 Å². The quantitative estimate of drug-likeness (QED) is 0.654. The third-order valence-electron chi connectivity index (χ3n) is 3.52. The molecule has 1 unspecified atom stereocenters. The summed E-state index contributed by atoms with van der Waals surface area (Å²) in [6.07, 6.45) is 10.9.